The zero-order valence-corrected chi connectivity index (χ0v) is 25.9. The molecular formula is C31H31F6N5O6. The first-order valence-corrected chi connectivity index (χ1v) is 14.9. The van der Waals surface area contributed by atoms with E-state index in [-0.39, 0.29) is 78.6 Å². The highest BCUT2D eigenvalue weighted by molar-refractivity contribution is 5.91. The van der Waals surface area contributed by atoms with Crippen LogP contribution in [0.4, 0.5) is 36.8 Å². The van der Waals surface area contributed by atoms with E-state index in [0.717, 1.165) is 0 Å². The molecule has 5 rings (SSSR count). The molecule has 1 aromatic carbocycles. The van der Waals surface area contributed by atoms with Gasteiger partial charge in [0.1, 0.15) is 11.5 Å². The van der Waals surface area contributed by atoms with Crippen LogP contribution in [0.25, 0.3) is 0 Å². The highest BCUT2D eigenvalue weighted by Gasteiger charge is 2.47. The van der Waals surface area contributed by atoms with Crippen molar-refractivity contribution in [2.24, 2.45) is 5.73 Å². The number of alkyl halides is 6. The van der Waals surface area contributed by atoms with Gasteiger partial charge in [-0.15, -0.1) is 0 Å². The number of methoxy groups -OCH3 is 1. The van der Waals surface area contributed by atoms with Crippen molar-refractivity contribution >= 4 is 17.7 Å². The number of rotatable bonds is 8. The van der Waals surface area contributed by atoms with Crippen LogP contribution in [0, 0.1) is 0 Å². The summed E-state index contributed by atoms with van der Waals surface area (Å²) in [5.74, 6) is -1.49. The Balaban J connectivity index is 1.66. The predicted molar refractivity (Wildman–Crippen MR) is 155 cm³/mol. The van der Waals surface area contributed by atoms with Crippen LogP contribution in [0.15, 0.2) is 36.5 Å². The van der Waals surface area contributed by atoms with E-state index in [2.05, 4.69) is 15.0 Å². The first-order valence-electron chi connectivity index (χ1n) is 14.9. The molecule has 2 aliphatic rings. The van der Waals surface area contributed by atoms with E-state index in [9.17, 15) is 35.9 Å². The number of hydrogen-bond acceptors (Lipinski definition) is 10. The van der Waals surface area contributed by atoms with E-state index in [1.165, 1.54) is 24.3 Å². The molecule has 48 heavy (non-hydrogen) atoms. The second-order valence-corrected chi connectivity index (χ2v) is 11.2. The fourth-order valence-electron chi connectivity index (χ4n) is 5.64. The third kappa shape index (κ3) is 6.95. The van der Waals surface area contributed by atoms with E-state index in [0.29, 0.717) is 12.1 Å². The Bertz CT molecular complexity index is 1670. The van der Waals surface area contributed by atoms with Crippen molar-refractivity contribution in [3.63, 3.8) is 0 Å². The Hall–Kier alpha value is -4.67. The molecule has 1 saturated heterocycles. The summed E-state index contributed by atoms with van der Waals surface area (Å²) in [7, 11) is 1.38. The van der Waals surface area contributed by atoms with Crippen LogP contribution in [-0.2, 0) is 33.0 Å². The lowest BCUT2D eigenvalue weighted by molar-refractivity contribution is -0.144. The van der Waals surface area contributed by atoms with Gasteiger partial charge in [0.05, 0.1) is 60.6 Å². The van der Waals surface area contributed by atoms with E-state index in [1.807, 2.05) is 0 Å². The molecule has 2 N–H and O–H groups in total. The maximum atomic E-state index is 13.7. The average Bonchev–Trinajstić information content (AvgIpc) is 3.44. The zero-order valence-electron chi connectivity index (χ0n) is 25.9. The van der Waals surface area contributed by atoms with Gasteiger partial charge >= 0.3 is 24.4 Å². The Kier molecular flexibility index (Phi) is 9.45. The molecule has 258 valence electrons. The molecule has 2 aromatic heterocycles. The summed E-state index contributed by atoms with van der Waals surface area (Å²) < 4.78 is 103. The van der Waals surface area contributed by atoms with Gasteiger partial charge in [0.2, 0.25) is 5.88 Å². The first-order chi connectivity index (χ1) is 22.6. The molecule has 1 fully saturated rings. The van der Waals surface area contributed by atoms with Crippen LogP contribution in [0.1, 0.15) is 72.9 Å². The average molecular weight is 684 g/mol. The molecule has 0 bridgehead atoms. The first kappa shape index (κ1) is 34.7. The van der Waals surface area contributed by atoms with Crippen molar-refractivity contribution in [3.05, 3.63) is 70.4 Å². The molecule has 4 heterocycles. The molecule has 3 aromatic rings. The minimum absolute atomic E-state index is 0.00808. The maximum absolute atomic E-state index is 13.7. The van der Waals surface area contributed by atoms with Crippen molar-refractivity contribution in [2.75, 3.05) is 25.2 Å². The summed E-state index contributed by atoms with van der Waals surface area (Å²) in [6.45, 7) is 3.50. The van der Waals surface area contributed by atoms with Gasteiger partial charge in [0.25, 0.3) is 0 Å². The molecule has 1 amide bonds. The number of esters is 1. The molecule has 1 unspecified atom stereocenters. The van der Waals surface area contributed by atoms with Gasteiger partial charge in [-0.05, 0) is 49.6 Å². The third-order valence-electron chi connectivity index (χ3n) is 8.06. The van der Waals surface area contributed by atoms with Crippen LogP contribution in [0.2, 0.25) is 0 Å². The number of nitrogens with two attached hydrogens (primary N) is 1. The fraction of sp³-hybridized carbons (Fsp3) is 0.452. The Morgan fingerprint density at radius 1 is 1.08 bits per heavy atom. The van der Waals surface area contributed by atoms with Crippen LogP contribution in [0.3, 0.4) is 0 Å². The minimum atomic E-state index is -5.08. The van der Waals surface area contributed by atoms with Crippen molar-refractivity contribution < 1.29 is 54.9 Å². The van der Waals surface area contributed by atoms with Gasteiger partial charge < -0.3 is 24.7 Å². The SMILES string of the molecule is CCOC(=O)N1c2ccc(OC)nc2[C@@H](c2ncc(OC3CCOC3=O)c(Cc3cc(C(F)(F)F)cc(C(F)(F)F)c3)n2)C[C@@]1(N)CC. The number of halogens is 6. The number of ether oxygens (including phenoxy) is 4. The highest BCUT2D eigenvalue weighted by atomic mass is 19.4. The summed E-state index contributed by atoms with van der Waals surface area (Å²) in [4.78, 5) is 40.2. The predicted octanol–water partition coefficient (Wildman–Crippen LogP) is 5.77. The Labute approximate surface area is 270 Å². The minimum Gasteiger partial charge on any atom is -0.481 e. The zero-order chi connectivity index (χ0) is 35.0. The van der Waals surface area contributed by atoms with Crippen molar-refractivity contribution in [2.45, 2.75) is 69.6 Å². The number of carbonyl (C=O) groups excluding carboxylic acids is 2. The molecular weight excluding hydrogens is 652 g/mol. The summed E-state index contributed by atoms with van der Waals surface area (Å²) in [5, 5.41) is 0. The van der Waals surface area contributed by atoms with E-state index in [1.54, 1.807) is 19.9 Å². The van der Waals surface area contributed by atoms with Crippen LogP contribution >= 0.6 is 0 Å². The summed E-state index contributed by atoms with van der Waals surface area (Å²) in [6, 6.07) is 4.28. The lowest BCUT2D eigenvalue weighted by Gasteiger charge is -2.46. The molecule has 0 spiro atoms. The number of anilines is 1. The number of hydrogen-bond donors (Lipinski definition) is 1. The van der Waals surface area contributed by atoms with E-state index in [4.69, 9.17) is 24.7 Å². The van der Waals surface area contributed by atoms with Gasteiger partial charge in [0, 0.05) is 18.9 Å². The van der Waals surface area contributed by atoms with Crippen molar-refractivity contribution in [3.8, 4) is 11.6 Å². The standard InChI is InChI=1S/C31H31F6N5O6/c1-4-29(38)14-19(25-21(6-7-24(41-25)45-3)42(29)28(44)46-5-2)26-39-15-23(48-22-8-9-47-27(22)43)20(40-26)12-16-10-17(30(32,33)34)13-18(11-16)31(35,36)37/h6-7,10-11,13,15,19,22H,4-5,8-9,12,14,38H2,1-3H3/t19-,22?,29+/m0/s1. The second-order valence-electron chi connectivity index (χ2n) is 11.2. The number of amides is 1. The largest absolute Gasteiger partial charge is 0.481 e. The molecule has 0 saturated carbocycles. The van der Waals surface area contributed by atoms with Gasteiger partial charge in [-0.3, -0.25) is 4.90 Å². The number of benzene rings is 1. The number of nitrogens with zero attached hydrogens (tertiary/aromatic N) is 4. The van der Waals surface area contributed by atoms with Crippen LogP contribution in [0.5, 0.6) is 11.6 Å². The molecule has 3 atom stereocenters. The van der Waals surface area contributed by atoms with Crippen LogP contribution in [-0.4, -0.2) is 59.1 Å². The number of carbonyl (C=O) groups is 2. The number of fused-ring (bicyclic) bond motifs is 1. The second kappa shape index (κ2) is 13.1. The number of aromatic nitrogens is 3. The molecule has 2 aliphatic heterocycles. The third-order valence-corrected chi connectivity index (χ3v) is 8.06. The van der Waals surface area contributed by atoms with E-state index < -0.39 is 59.6 Å². The van der Waals surface area contributed by atoms with Gasteiger partial charge in [-0.25, -0.2) is 24.5 Å². The van der Waals surface area contributed by atoms with Gasteiger partial charge in [-0.2, -0.15) is 26.3 Å². The lowest BCUT2D eigenvalue weighted by atomic mass is 9.83. The topological polar surface area (TPSA) is 139 Å². The number of cyclic esters (lactones) is 1. The van der Waals surface area contributed by atoms with Crippen molar-refractivity contribution in [1.82, 2.24) is 15.0 Å². The lowest BCUT2D eigenvalue weighted by Crippen LogP contribution is -2.61. The molecule has 11 nitrogen and oxygen atoms in total. The van der Waals surface area contributed by atoms with Gasteiger partial charge in [0.15, 0.2) is 11.9 Å². The summed E-state index contributed by atoms with van der Waals surface area (Å²) >= 11 is 0. The normalized spacial score (nSPS) is 21.0. The number of pyridine rings is 1. The van der Waals surface area contributed by atoms with Crippen LogP contribution < -0.4 is 20.1 Å². The maximum Gasteiger partial charge on any atom is 0.416 e. The Morgan fingerprint density at radius 3 is 2.33 bits per heavy atom. The molecule has 0 radical (unpaired) electrons. The quantitative estimate of drug-likeness (QED) is 0.230. The Morgan fingerprint density at radius 2 is 1.77 bits per heavy atom. The van der Waals surface area contributed by atoms with Crippen molar-refractivity contribution in [1.29, 1.82) is 0 Å². The fourth-order valence-corrected chi connectivity index (χ4v) is 5.64. The summed E-state index contributed by atoms with van der Waals surface area (Å²) in [5.41, 5.74) is 2.48. The molecule has 0 aliphatic carbocycles. The van der Waals surface area contributed by atoms with E-state index >= 15 is 0 Å². The monoisotopic (exact) mass is 683 g/mol. The molecule has 17 heteroatoms. The smallest absolute Gasteiger partial charge is 0.416 e. The highest BCUT2D eigenvalue weighted by Crippen LogP contribution is 2.46. The summed E-state index contributed by atoms with van der Waals surface area (Å²) in [6.07, 6.45) is -11.0. The van der Waals surface area contributed by atoms with Gasteiger partial charge in [-0.1, -0.05) is 6.92 Å².